The fourth-order valence-corrected chi connectivity index (χ4v) is 4.46. The van der Waals surface area contributed by atoms with Crippen LogP contribution in [-0.2, 0) is 109 Å². The molecule has 2 amide bonds. The summed E-state index contributed by atoms with van der Waals surface area (Å²) in [5.74, 6) is -6.28. The lowest BCUT2D eigenvalue weighted by atomic mass is 10.2. The molecule has 5 atom stereocenters. The van der Waals surface area contributed by atoms with Gasteiger partial charge in [-0.15, -0.1) is 24.8 Å². The molecular weight excluding hydrogens is 1250 g/mol. The summed E-state index contributed by atoms with van der Waals surface area (Å²) < 4.78 is 47.8. The first-order valence-electron chi connectivity index (χ1n) is 28.0. The van der Waals surface area contributed by atoms with Crippen LogP contribution >= 0.6 is 24.8 Å². The second-order valence-corrected chi connectivity index (χ2v) is 19.4. The number of hydrogen-bond donors (Lipinski definition) is 8. The van der Waals surface area contributed by atoms with Gasteiger partial charge < -0.3 is 89.9 Å². The minimum atomic E-state index is -1.12. The van der Waals surface area contributed by atoms with Crippen molar-refractivity contribution in [1.29, 1.82) is 0 Å². The molecule has 0 bridgehead atoms. The van der Waals surface area contributed by atoms with Crippen LogP contribution in [0, 0.1) is 0 Å². The predicted octanol–water partition coefficient (Wildman–Crippen LogP) is 5.20. The monoisotopic (exact) mass is 1350 g/mol. The summed E-state index contributed by atoms with van der Waals surface area (Å²) in [7, 11) is 0. The fraction of sp³-hybridized carbons (Fsp3) is 0.593. The molecule has 2 aromatic rings. The van der Waals surface area contributed by atoms with E-state index in [-0.39, 0.29) is 110 Å². The van der Waals surface area contributed by atoms with Gasteiger partial charge in [-0.1, -0.05) is 88.4 Å². The number of rotatable bonds is 25. The van der Waals surface area contributed by atoms with E-state index in [1.54, 1.807) is 69.2 Å². The van der Waals surface area contributed by atoms with Gasteiger partial charge in [-0.25, -0.2) is 33.6 Å². The number of aliphatic carboxylic acids is 2. The van der Waals surface area contributed by atoms with E-state index in [4.69, 9.17) is 65.1 Å². The van der Waals surface area contributed by atoms with Gasteiger partial charge in [-0.2, -0.15) is 0 Å². The number of carboxylic acids is 2. The number of alkyl carbamates (subject to hydrolysis) is 2. The molecule has 0 fully saturated rings. The molecule has 0 aliphatic rings. The number of nitrogens with one attached hydrogen (secondary N) is 2. The third-order valence-electron chi connectivity index (χ3n) is 8.86. The van der Waals surface area contributed by atoms with Crippen molar-refractivity contribution in [1.82, 2.24) is 10.6 Å². The van der Waals surface area contributed by atoms with Crippen LogP contribution in [0.15, 0.2) is 60.7 Å². The number of amides is 2. The zero-order chi connectivity index (χ0) is 69.7. The number of esters is 8. The third-order valence-corrected chi connectivity index (χ3v) is 8.86. The number of ether oxygens (including phenoxy) is 10. The zero-order valence-corrected chi connectivity index (χ0v) is 56.2. The standard InChI is InChI=1S/C13H23NO6.C13H16O4.C10H12O3.C7H14N2O4.C7H15NO3.C6H10O4.C3H6O2.2ClH/c1-6-10(15)19-9(2)11(16)18-8-7-14-12(17)20-13(3,4)5;1-3-12(14)17-10(2)13(15)16-9-11-7-5-4-6-8-11;1-8(11)10(12)13-7-9-5-3-2-4-6-9;1-5(13-6(10)4-9)7(11)12-3-2-8;1-7(2,3)11-6(10)8-4-5-9;1-3-5(7)10-4(2)6(8)9;1-2-3(4)5;;/h9H,6-8H2,1-5H3,(H,14,17);4-8,10H,3,9H2,1-2H3;2-6,8,11H,7H2,1H3;5H,2-4,8-9H2,1H3;9H,4-5H2,1-3H3,(H,8,10);4H,3H2,1-2H3,(H,8,9);2H2,1H3,(H,4,5);2*1H/t9-;10-;8-;5-;;4-;;;/m0000.0.../s1. The number of nitrogens with two attached hydrogens (primary N) is 2. The van der Waals surface area contributed by atoms with Gasteiger partial charge in [0, 0.05) is 38.8 Å². The maximum atomic E-state index is 11.5. The van der Waals surface area contributed by atoms with E-state index in [2.05, 4.69) is 24.8 Å². The highest BCUT2D eigenvalue weighted by molar-refractivity contribution is 5.86. The highest BCUT2D eigenvalue weighted by Crippen LogP contribution is 2.08. The normalized spacial score (nSPS) is 11.4. The van der Waals surface area contributed by atoms with Crippen molar-refractivity contribution < 1.29 is 125 Å². The van der Waals surface area contributed by atoms with E-state index < -0.39 is 114 Å². The second-order valence-electron chi connectivity index (χ2n) is 19.4. The molecule has 0 aromatic heterocycles. The minimum absolute atomic E-state index is 0. The van der Waals surface area contributed by atoms with E-state index in [1.165, 1.54) is 34.6 Å². The first-order valence-corrected chi connectivity index (χ1v) is 28.0. The van der Waals surface area contributed by atoms with Gasteiger partial charge in [0.1, 0.15) is 43.7 Å². The molecule has 0 aliphatic carbocycles. The lowest BCUT2D eigenvalue weighted by molar-refractivity contribution is -0.167. The highest BCUT2D eigenvalue weighted by Gasteiger charge is 2.22. The SMILES string of the molecule is CC(C)(C)OC(=O)NCCO.CCC(=O)O.CCC(=O)O[C@@H](C)C(=O)O.CCC(=O)O[C@@H](C)C(=O)OCCNC(=O)OC(C)(C)C.CCC(=O)O[C@@H](C)C(=O)OCc1ccccc1.C[C@H](O)C(=O)OCc1ccccc1.C[C@H](OC(=O)CN)C(=O)OCCN.Cl.Cl. The number of aliphatic hydroxyl groups is 2. The van der Waals surface area contributed by atoms with Crippen molar-refractivity contribution in [2.75, 3.05) is 46.0 Å². The smallest absolute Gasteiger partial charge is 0.407 e. The summed E-state index contributed by atoms with van der Waals surface area (Å²) in [5, 5.41) is 38.0. The molecule has 0 spiro atoms. The Labute approximate surface area is 544 Å². The molecule has 10 N–H and O–H groups in total. The summed E-state index contributed by atoms with van der Waals surface area (Å²) >= 11 is 0. The minimum Gasteiger partial charge on any atom is -0.481 e. The predicted molar refractivity (Wildman–Crippen MR) is 333 cm³/mol. The molecule has 0 unspecified atom stereocenters. The molecule has 0 radical (unpaired) electrons. The summed E-state index contributed by atoms with van der Waals surface area (Å²) in [4.78, 5) is 129. The summed E-state index contributed by atoms with van der Waals surface area (Å²) in [5.41, 5.74) is 10.8. The van der Waals surface area contributed by atoms with Crippen LogP contribution in [0.5, 0.6) is 0 Å². The largest absolute Gasteiger partial charge is 0.481 e. The van der Waals surface area contributed by atoms with Crippen molar-refractivity contribution >= 4 is 96.7 Å². The van der Waals surface area contributed by atoms with Gasteiger partial charge in [0.25, 0.3) is 0 Å². The number of carbonyl (C=O) groups is 12. The third kappa shape index (κ3) is 66.4. The number of aliphatic hydroxyl groups excluding tert-OH is 2. The van der Waals surface area contributed by atoms with Crippen LogP contribution in [0.4, 0.5) is 9.59 Å². The Morgan fingerprint density at radius 1 is 0.473 bits per heavy atom. The number of carboxylic acid groups (broad SMARTS) is 2. The van der Waals surface area contributed by atoms with Crippen LogP contribution in [0.2, 0.25) is 0 Å². The van der Waals surface area contributed by atoms with Crippen LogP contribution in [0.1, 0.15) is 141 Å². The molecular formula is C59H98Cl2N4O26. The molecule has 91 heavy (non-hydrogen) atoms. The fourth-order valence-electron chi connectivity index (χ4n) is 4.46. The topological polar surface area (TPSA) is 454 Å². The summed E-state index contributed by atoms with van der Waals surface area (Å²) in [6, 6.07) is 18.7. The molecule has 524 valence electrons. The maximum absolute atomic E-state index is 11.5. The number of carbonyl (C=O) groups excluding carboxylic acids is 10. The first-order chi connectivity index (χ1) is 41.4. The van der Waals surface area contributed by atoms with Gasteiger partial charge in [0.05, 0.1) is 19.7 Å². The Hall–Kier alpha value is -7.90. The lowest BCUT2D eigenvalue weighted by Crippen LogP contribution is -2.35. The Kier molecular flexibility index (Phi) is 62.1. The first kappa shape index (κ1) is 96.7. The second kappa shape index (κ2) is 58.5. The molecule has 0 heterocycles. The van der Waals surface area contributed by atoms with Crippen molar-refractivity contribution in [3.05, 3.63) is 71.8 Å². The molecule has 30 nitrogen and oxygen atoms in total. The van der Waals surface area contributed by atoms with Crippen LogP contribution in [0.3, 0.4) is 0 Å². The highest BCUT2D eigenvalue weighted by atomic mass is 35.5. The quantitative estimate of drug-likeness (QED) is 0.0360. The number of halogens is 2. The van der Waals surface area contributed by atoms with Crippen molar-refractivity contribution in [3.8, 4) is 0 Å². The van der Waals surface area contributed by atoms with Crippen LogP contribution < -0.4 is 22.1 Å². The summed E-state index contributed by atoms with van der Waals surface area (Å²) in [6.07, 6.45) is -5.04. The van der Waals surface area contributed by atoms with Gasteiger partial charge in [-0.3, -0.25) is 24.0 Å². The Bertz CT molecular complexity index is 2360. The van der Waals surface area contributed by atoms with Crippen LogP contribution in [-0.4, -0.2) is 180 Å². The van der Waals surface area contributed by atoms with Gasteiger partial charge in [0.2, 0.25) is 0 Å². The van der Waals surface area contributed by atoms with E-state index >= 15 is 0 Å². The van der Waals surface area contributed by atoms with Crippen LogP contribution in [0.25, 0.3) is 0 Å². The van der Waals surface area contributed by atoms with E-state index in [0.717, 1.165) is 11.1 Å². The number of benzene rings is 2. The number of hydrogen-bond acceptors (Lipinski definition) is 26. The van der Waals surface area contributed by atoms with Crippen molar-refractivity contribution in [2.24, 2.45) is 11.5 Å². The Balaban J connectivity index is -0.000000185. The molecule has 32 heteroatoms. The molecule has 2 rings (SSSR count). The lowest BCUT2D eigenvalue weighted by Gasteiger charge is -2.19. The van der Waals surface area contributed by atoms with E-state index in [0.29, 0.717) is 0 Å². The molecule has 0 saturated carbocycles. The van der Waals surface area contributed by atoms with E-state index in [9.17, 15) is 57.5 Å². The maximum Gasteiger partial charge on any atom is 0.407 e. The molecule has 0 aliphatic heterocycles. The van der Waals surface area contributed by atoms with E-state index in [1.807, 2.05) is 60.7 Å². The Morgan fingerprint density at radius 2 is 0.791 bits per heavy atom. The molecule has 0 saturated heterocycles. The Morgan fingerprint density at radius 3 is 1.09 bits per heavy atom. The summed E-state index contributed by atoms with van der Waals surface area (Å²) in [6.45, 7) is 24.9. The van der Waals surface area contributed by atoms with Gasteiger partial charge >= 0.3 is 71.9 Å². The van der Waals surface area contributed by atoms with Crippen molar-refractivity contribution in [3.63, 3.8) is 0 Å². The van der Waals surface area contributed by atoms with Gasteiger partial charge in [0.15, 0.2) is 24.4 Å². The average molecular weight is 1350 g/mol. The molecule has 2 aromatic carbocycles. The average Bonchev–Trinajstić information content (AvgIpc) is 3.58. The zero-order valence-electron chi connectivity index (χ0n) is 54.6. The van der Waals surface area contributed by atoms with Gasteiger partial charge in [-0.05, 0) is 87.3 Å². The van der Waals surface area contributed by atoms with Crippen molar-refractivity contribution in [2.45, 2.75) is 184 Å².